The summed E-state index contributed by atoms with van der Waals surface area (Å²) in [5.41, 5.74) is 4.00. The van der Waals surface area contributed by atoms with Gasteiger partial charge in [0.25, 0.3) is 0 Å². The van der Waals surface area contributed by atoms with E-state index < -0.39 is 0 Å². The predicted molar refractivity (Wildman–Crippen MR) is 58.5 cm³/mol. The van der Waals surface area contributed by atoms with Crippen LogP contribution in [0.4, 0.5) is 0 Å². The summed E-state index contributed by atoms with van der Waals surface area (Å²) in [7, 11) is 0. The van der Waals surface area contributed by atoms with Crippen molar-refractivity contribution in [1.82, 2.24) is 0 Å². The summed E-state index contributed by atoms with van der Waals surface area (Å²) in [5, 5.41) is 2.10. The van der Waals surface area contributed by atoms with Crippen LogP contribution in [0.25, 0.3) is 6.08 Å². The molecule has 0 aliphatic heterocycles. The summed E-state index contributed by atoms with van der Waals surface area (Å²) < 4.78 is 0. The molecule has 0 saturated carbocycles. The molecule has 0 radical (unpaired) electrons. The van der Waals surface area contributed by atoms with Gasteiger partial charge < -0.3 is 0 Å². The lowest BCUT2D eigenvalue weighted by atomic mass is 10.1. The molecule has 0 heterocycles. The molecule has 0 saturated heterocycles. The highest BCUT2D eigenvalue weighted by Crippen LogP contribution is 2.12. The Balaban J connectivity index is 2.89. The van der Waals surface area contributed by atoms with Crippen molar-refractivity contribution in [1.29, 1.82) is 0 Å². The highest BCUT2D eigenvalue weighted by Gasteiger charge is 1.91. The fourth-order valence-electron chi connectivity index (χ4n) is 1.01. The van der Waals surface area contributed by atoms with Gasteiger partial charge in [0.05, 0.1) is 0 Å². The van der Waals surface area contributed by atoms with Crippen molar-refractivity contribution in [3.8, 4) is 0 Å². The summed E-state index contributed by atoms with van der Waals surface area (Å²) in [6.07, 6.45) is 4.20. The van der Waals surface area contributed by atoms with Gasteiger partial charge in [-0.1, -0.05) is 18.2 Å². The van der Waals surface area contributed by atoms with E-state index in [1.54, 1.807) is 11.8 Å². The Hall–Kier alpha value is -0.690. The molecule has 0 aromatic heterocycles. The lowest BCUT2D eigenvalue weighted by Crippen LogP contribution is -1.80. The van der Waals surface area contributed by atoms with Crippen molar-refractivity contribution < 1.29 is 0 Å². The van der Waals surface area contributed by atoms with Crippen molar-refractivity contribution >= 4 is 17.8 Å². The molecule has 0 aliphatic rings. The number of thioether (sulfide) groups is 1. The number of benzene rings is 1. The van der Waals surface area contributed by atoms with Crippen molar-refractivity contribution in [2.45, 2.75) is 13.8 Å². The number of aryl methyl sites for hydroxylation is 2. The van der Waals surface area contributed by atoms with Gasteiger partial charge in [-0.15, -0.1) is 11.8 Å². The van der Waals surface area contributed by atoms with E-state index in [1.165, 1.54) is 16.7 Å². The van der Waals surface area contributed by atoms with E-state index in [2.05, 4.69) is 49.8 Å². The summed E-state index contributed by atoms with van der Waals surface area (Å²) in [5.74, 6) is 0. The maximum atomic E-state index is 2.21. The Labute approximate surface area is 78.7 Å². The Morgan fingerprint density at radius 1 is 1.17 bits per heavy atom. The summed E-state index contributed by atoms with van der Waals surface area (Å²) in [4.78, 5) is 0. The van der Waals surface area contributed by atoms with E-state index >= 15 is 0 Å². The second-order valence-electron chi connectivity index (χ2n) is 2.88. The second kappa shape index (κ2) is 4.36. The van der Waals surface area contributed by atoms with Crippen LogP contribution in [-0.4, -0.2) is 6.26 Å². The molecule has 1 heteroatoms. The topological polar surface area (TPSA) is 0 Å². The van der Waals surface area contributed by atoms with Gasteiger partial charge in [0.2, 0.25) is 0 Å². The van der Waals surface area contributed by atoms with Crippen molar-refractivity contribution in [3.63, 3.8) is 0 Å². The fourth-order valence-corrected chi connectivity index (χ4v) is 1.31. The molecule has 0 aliphatic carbocycles. The molecule has 1 aromatic carbocycles. The Morgan fingerprint density at radius 3 is 2.50 bits per heavy atom. The first-order chi connectivity index (χ1) is 5.74. The van der Waals surface area contributed by atoms with Crippen LogP contribution in [0.5, 0.6) is 0 Å². The third-order valence-corrected chi connectivity index (χ3v) is 2.34. The van der Waals surface area contributed by atoms with E-state index in [0.717, 1.165) is 0 Å². The largest absolute Gasteiger partial charge is 0.138 e. The fraction of sp³-hybridized carbons (Fsp3) is 0.273. The zero-order chi connectivity index (χ0) is 8.97. The predicted octanol–water partition coefficient (Wildman–Crippen LogP) is 3.64. The number of rotatable bonds is 2. The molecule has 12 heavy (non-hydrogen) atoms. The highest BCUT2D eigenvalue weighted by atomic mass is 32.2. The van der Waals surface area contributed by atoms with Crippen molar-refractivity contribution in [2.24, 2.45) is 0 Å². The molecular formula is C11H14S. The van der Waals surface area contributed by atoms with Crippen LogP contribution in [0.3, 0.4) is 0 Å². The van der Waals surface area contributed by atoms with Crippen LogP contribution in [0, 0.1) is 13.8 Å². The third-order valence-electron chi connectivity index (χ3n) is 1.93. The molecule has 0 amide bonds. The van der Waals surface area contributed by atoms with Gasteiger partial charge in [-0.25, -0.2) is 0 Å². The SMILES string of the molecule is CS/C=C\c1ccc(C)c(C)c1. The highest BCUT2D eigenvalue weighted by molar-refractivity contribution is 8.01. The van der Waals surface area contributed by atoms with Gasteiger partial charge in [-0.2, -0.15) is 0 Å². The van der Waals surface area contributed by atoms with Gasteiger partial charge >= 0.3 is 0 Å². The van der Waals surface area contributed by atoms with Gasteiger partial charge in [0.1, 0.15) is 0 Å². The van der Waals surface area contributed by atoms with Crippen molar-refractivity contribution in [3.05, 3.63) is 40.3 Å². The van der Waals surface area contributed by atoms with Crippen LogP contribution in [-0.2, 0) is 0 Å². The van der Waals surface area contributed by atoms with Crippen molar-refractivity contribution in [2.75, 3.05) is 6.26 Å². The Morgan fingerprint density at radius 2 is 1.92 bits per heavy atom. The molecule has 0 unspecified atom stereocenters. The number of hydrogen-bond acceptors (Lipinski definition) is 1. The van der Waals surface area contributed by atoms with Gasteiger partial charge in [-0.05, 0) is 48.3 Å². The lowest BCUT2D eigenvalue weighted by molar-refractivity contribution is 1.33. The van der Waals surface area contributed by atoms with Crippen LogP contribution in [0.2, 0.25) is 0 Å². The van der Waals surface area contributed by atoms with Crippen LogP contribution >= 0.6 is 11.8 Å². The molecule has 64 valence electrons. The monoisotopic (exact) mass is 178 g/mol. The first-order valence-electron chi connectivity index (χ1n) is 4.00. The minimum absolute atomic E-state index is 1.28. The lowest BCUT2D eigenvalue weighted by Gasteiger charge is -1.99. The average molecular weight is 178 g/mol. The zero-order valence-electron chi connectivity index (χ0n) is 7.79. The third kappa shape index (κ3) is 2.42. The van der Waals surface area contributed by atoms with Crippen LogP contribution < -0.4 is 0 Å². The first kappa shape index (κ1) is 9.40. The van der Waals surface area contributed by atoms with Gasteiger partial charge in [0.15, 0.2) is 0 Å². The van der Waals surface area contributed by atoms with Crippen LogP contribution in [0.15, 0.2) is 23.6 Å². The molecule has 1 aromatic rings. The molecule has 0 bridgehead atoms. The summed E-state index contributed by atoms with van der Waals surface area (Å²) >= 11 is 1.73. The summed E-state index contributed by atoms with van der Waals surface area (Å²) in [6.45, 7) is 4.28. The maximum absolute atomic E-state index is 2.21. The minimum atomic E-state index is 1.28. The van der Waals surface area contributed by atoms with E-state index in [9.17, 15) is 0 Å². The molecule has 0 nitrogen and oxygen atoms in total. The second-order valence-corrected chi connectivity index (χ2v) is 3.63. The molecule has 0 fully saturated rings. The number of hydrogen-bond donors (Lipinski definition) is 0. The van der Waals surface area contributed by atoms with E-state index in [1.807, 2.05) is 0 Å². The molecule has 0 spiro atoms. The molecule has 0 atom stereocenters. The standard InChI is InChI=1S/C11H14S/c1-9-4-5-11(6-7-12-3)8-10(9)2/h4-8H,1-3H3/b7-6-. The van der Waals surface area contributed by atoms with Gasteiger partial charge in [0, 0.05) is 0 Å². The Bertz CT molecular complexity index is 287. The smallest absolute Gasteiger partial charge is 0.0142 e. The molecular weight excluding hydrogens is 164 g/mol. The maximum Gasteiger partial charge on any atom is -0.0142 e. The molecule has 0 N–H and O–H groups in total. The zero-order valence-corrected chi connectivity index (χ0v) is 8.61. The van der Waals surface area contributed by atoms with E-state index in [-0.39, 0.29) is 0 Å². The van der Waals surface area contributed by atoms with Gasteiger partial charge in [-0.3, -0.25) is 0 Å². The van der Waals surface area contributed by atoms with E-state index in [0.29, 0.717) is 0 Å². The Kier molecular flexibility index (Phi) is 3.42. The molecule has 1 rings (SSSR count). The quantitative estimate of drug-likeness (QED) is 0.666. The average Bonchev–Trinajstić information content (AvgIpc) is 2.07. The normalized spacial score (nSPS) is 10.9. The minimum Gasteiger partial charge on any atom is -0.138 e. The summed E-state index contributed by atoms with van der Waals surface area (Å²) in [6, 6.07) is 6.52. The van der Waals surface area contributed by atoms with E-state index in [4.69, 9.17) is 0 Å². The first-order valence-corrected chi connectivity index (χ1v) is 5.29. The van der Waals surface area contributed by atoms with Crippen LogP contribution in [0.1, 0.15) is 16.7 Å².